The van der Waals surface area contributed by atoms with E-state index >= 15 is 0 Å². The van der Waals surface area contributed by atoms with E-state index in [1.807, 2.05) is 12.2 Å². The van der Waals surface area contributed by atoms with E-state index in [2.05, 4.69) is 99.0 Å². The van der Waals surface area contributed by atoms with Gasteiger partial charge in [-0.15, -0.1) is 0 Å². The molecule has 1 amide bonds. The molecule has 0 aromatic heterocycles. The highest BCUT2D eigenvalue weighted by Crippen LogP contribution is 2.17. The zero-order valence-electron chi connectivity index (χ0n) is 37.6. The molecule has 6 nitrogen and oxygen atoms in total. The van der Waals surface area contributed by atoms with Gasteiger partial charge in [0.2, 0.25) is 5.91 Å². The molecule has 3 unspecified atom stereocenters. The molecular weight excluding hydrogens is 719 g/mol. The summed E-state index contributed by atoms with van der Waals surface area (Å²) < 4.78 is 5.88. The molecule has 0 rings (SSSR count). The van der Waals surface area contributed by atoms with Crippen LogP contribution in [0, 0.1) is 0 Å². The number of aliphatic hydroxyl groups is 2. The van der Waals surface area contributed by atoms with Crippen LogP contribution in [-0.2, 0) is 14.3 Å². The third-order valence-corrected chi connectivity index (χ3v) is 10.3. The van der Waals surface area contributed by atoms with E-state index in [1.165, 1.54) is 57.8 Å². The Morgan fingerprint density at radius 3 is 1.60 bits per heavy atom. The maximum Gasteiger partial charge on any atom is 0.306 e. The predicted molar refractivity (Wildman–Crippen MR) is 250 cm³/mol. The smallest absolute Gasteiger partial charge is 0.306 e. The molecule has 0 saturated carbocycles. The van der Waals surface area contributed by atoms with Gasteiger partial charge in [-0.2, -0.15) is 0 Å². The van der Waals surface area contributed by atoms with Gasteiger partial charge in [0.1, 0.15) is 6.10 Å². The number of aliphatic hydroxyl groups excluding tert-OH is 2. The van der Waals surface area contributed by atoms with Crippen LogP contribution in [0.3, 0.4) is 0 Å². The van der Waals surface area contributed by atoms with E-state index in [1.54, 1.807) is 0 Å². The Balaban J connectivity index is 4.67. The molecule has 0 fully saturated rings. The zero-order valence-corrected chi connectivity index (χ0v) is 37.6. The minimum atomic E-state index is -0.805. The van der Waals surface area contributed by atoms with Gasteiger partial charge in [0.05, 0.1) is 25.2 Å². The molecule has 3 atom stereocenters. The van der Waals surface area contributed by atoms with E-state index in [0.717, 1.165) is 103 Å². The van der Waals surface area contributed by atoms with Crippen molar-refractivity contribution in [3.63, 3.8) is 0 Å². The van der Waals surface area contributed by atoms with Crippen molar-refractivity contribution in [1.82, 2.24) is 5.32 Å². The van der Waals surface area contributed by atoms with E-state index in [9.17, 15) is 19.8 Å². The van der Waals surface area contributed by atoms with Gasteiger partial charge >= 0.3 is 5.97 Å². The van der Waals surface area contributed by atoms with Gasteiger partial charge in [-0.05, 0) is 83.5 Å². The highest BCUT2D eigenvalue weighted by Gasteiger charge is 2.24. The van der Waals surface area contributed by atoms with E-state index < -0.39 is 18.2 Å². The Morgan fingerprint density at radius 1 is 0.534 bits per heavy atom. The molecule has 0 aromatic rings. The number of allylic oxidation sites excluding steroid dienone is 14. The third kappa shape index (κ3) is 39.8. The summed E-state index contributed by atoms with van der Waals surface area (Å²) in [5.74, 6) is -0.554. The van der Waals surface area contributed by atoms with Crippen molar-refractivity contribution in [2.24, 2.45) is 0 Å². The highest BCUT2D eigenvalue weighted by atomic mass is 16.5. The number of esters is 1. The zero-order chi connectivity index (χ0) is 42.4. The fourth-order valence-electron chi connectivity index (χ4n) is 6.71. The number of ether oxygens (including phenoxy) is 1. The molecule has 58 heavy (non-hydrogen) atoms. The lowest BCUT2D eigenvalue weighted by Crippen LogP contribution is -2.46. The number of hydrogen-bond donors (Lipinski definition) is 3. The molecular formula is C52H89NO5. The van der Waals surface area contributed by atoms with Crippen molar-refractivity contribution in [2.45, 2.75) is 225 Å². The van der Waals surface area contributed by atoms with Gasteiger partial charge in [-0.3, -0.25) is 9.59 Å². The molecule has 0 radical (unpaired) electrons. The van der Waals surface area contributed by atoms with Gasteiger partial charge < -0.3 is 20.3 Å². The number of rotatable bonds is 41. The van der Waals surface area contributed by atoms with Gasteiger partial charge in [-0.25, -0.2) is 0 Å². The quantitative estimate of drug-likeness (QED) is 0.0247. The van der Waals surface area contributed by atoms with Gasteiger partial charge in [0, 0.05) is 6.42 Å². The van der Waals surface area contributed by atoms with E-state index in [0.29, 0.717) is 19.3 Å². The maximum absolute atomic E-state index is 13.1. The van der Waals surface area contributed by atoms with E-state index in [-0.39, 0.29) is 24.9 Å². The number of carbonyl (C=O) groups excluding carboxylic acids is 2. The van der Waals surface area contributed by atoms with Crippen molar-refractivity contribution in [1.29, 1.82) is 0 Å². The van der Waals surface area contributed by atoms with Crippen molar-refractivity contribution < 1.29 is 24.5 Å². The fourth-order valence-corrected chi connectivity index (χ4v) is 6.71. The first-order valence-corrected chi connectivity index (χ1v) is 23.8. The molecule has 0 aromatic carbocycles. The topological polar surface area (TPSA) is 95.9 Å². The van der Waals surface area contributed by atoms with Crippen molar-refractivity contribution in [3.8, 4) is 0 Å². The molecule has 0 aliphatic carbocycles. The second-order valence-corrected chi connectivity index (χ2v) is 15.8. The van der Waals surface area contributed by atoms with Gasteiger partial charge in [0.25, 0.3) is 0 Å². The minimum absolute atomic E-state index is 0.0371. The first-order chi connectivity index (χ1) is 28.5. The van der Waals surface area contributed by atoms with Gasteiger partial charge in [-0.1, -0.05) is 196 Å². The Labute approximate surface area is 357 Å². The molecule has 0 aliphatic rings. The molecule has 0 bridgehead atoms. The summed E-state index contributed by atoms with van der Waals surface area (Å²) in [6.07, 6.45) is 57.9. The third-order valence-electron chi connectivity index (χ3n) is 10.3. The largest absolute Gasteiger partial charge is 0.462 e. The van der Waals surface area contributed by atoms with Crippen LogP contribution in [0.4, 0.5) is 0 Å². The molecule has 6 heteroatoms. The average Bonchev–Trinajstić information content (AvgIpc) is 3.22. The number of hydrogen-bond acceptors (Lipinski definition) is 5. The van der Waals surface area contributed by atoms with Gasteiger partial charge in [0.15, 0.2) is 0 Å². The fraction of sp³-hybridized carbons (Fsp3) is 0.692. The number of unbranched alkanes of at least 4 members (excludes halogenated alkanes) is 17. The Bertz CT molecular complexity index is 1130. The van der Waals surface area contributed by atoms with E-state index in [4.69, 9.17) is 4.74 Å². The molecule has 332 valence electrons. The molecule has 3 N–H and O–H groups in total. The van der Waals surface area contributed by atoms with Crippen LogP contribution in [0.25, 0.3) is 0 Å². The standard InChI is InChI=1S/C52H89NO5/c1-4-7-10-13-16-19-22-24-25-26-27-30-33-36-39-42-45-52(57)58-48(43-40-37-34-31-28-21-18-15-12-9-6-3)46-51(56)53-49(47-54)50(55)44-41-38-35-32-29-23-20-17-14-11-8-5-2/h7,9-10,12,15-16,18-19,21,24-25,27-28,30,48-50,54-55H,4-6,8,11,13-14,17,20,22-23,26,29,31-47H2,1-3H3,(H,53,56)/b10-7+,12-9+,18-15+,19-16+,25-24+,28-21-,30-27+. The summed E-state index contributed by atoms with van der Waals surface area (Å²) in [5, 5.41) is 23.7. The van der Waals surface area contributed by atoms with Crippen molar-refractivity contribution in [2.75, 3.05) is 6.61 Å². The van der Waals surface area contributed by atoms with Crippen LogP contribution < -0.4 is 5.32 Å². The Hall–Kier alpha value is -2.96. The lowest BCUT2D eigenvalue weighted by atomic mass is 10.0. The Morgan fingerprint density at radius 2 is 1.02 bits per heavy atom. The lowest BCUT2D eigenvalue weighted by Gasteiger charge is -2.24. The number of carbonyl (C=O) groups is 2. The predicted octanol–water partition coefficient (Wildman–Crippen LogP) is 14.0. The average molecular weight is 808 g/mol. The Kier molecular flexibility index (Phi) is 42.8. The lowest BCUT2D eigenvalue weighted by molar-refractivity contribution is -0.151. The SMILES string of the molecule is CC/C=C/C=C/C=C\CCCCCC(CC(=O)NC(CO)C(O)CCCCCCCCCCCCCC)OC(=O)CCCCC/C=C/C/C=C/C/C=C/C/C=C/CC. The first kappa shape index (κ1) is 55.0. The summed E-state index contributed by atoms with van der Waals surface area (Å²) in [7, 11) is 0. The normalized spacial score (nSPS) is 14.1. The number of nitrogens with one attached hydrogen (secondary N) is 1. The van der Waals surface area contributed by atoms with Crippen LogP contribution in [0.5, 0.6) is 0 Å². The summed E-state index contributed by atoms with van der Waals surface area (Å²) in [6, 6.07) is -0.722. The molecule has 0 aliphatic heterocycles. The van der Waals surface area contributed by atoms with Crippen LogP contribution in [0.1, 0.15) is 207 Å². The minimum Gasteiger partial charge on any atom is -0.462 e. The summed E-state index contributed by atoms with van der Waals surface area (Å²) in [6.45, 7) is 6.19. The van der Waals surface area contributed by atoms with Crippen LogP contribution >= 0.6 is 0 Å². The molecule has 0 saturated heterocycles. The second-order valence-electron chi connectivity index (χ2n) is 15.8. The number of amides is 1. The first-order valence-electron chi connectivity index (χ1n) is 23.8. The molecule has 0 spiro atoms. The summed E-state index contributed by atoms with van der Waals surface area (Å²) >= 11 is 0. The maximum atomic E-state index is 13.1. The highest BCUT2D eigenvalue weighted by molar-refractivity contribution is 5.77. The second kappa shape index (κ2) is 45.1. The van der Waals surface area contributed by atoms with Crippen LogP contribution in [0.2, 0.25) is 0 Å². The molecule has 0 heterocycles. The monoisotopic (exact) mass is 808 g/mol. The van der Waals surface area contributed by atoms with Crippen LogP contribution in [0.15, 0.2) is 85.1 Å². The summed E-state index contributed by atoms with van der Waals surface area (Å²) in [4.78, 5) is 26.0. The van der Waals surface area contributed by atoms with Crippen LogP contribution in [-0.4, -0.2) is 46.9 Å². The van der Waals surface area contributed by atoms with Crippen molar-refractivity contribution in [3.05, 3.63) is 85.1 Å². The summed E-state index contributed by atoms with van der Waals surface area (Å²) in [5.41, 5.74) is 0. The van der Waals surface area contributed by atoms with Crippen molar-refractivity contribution >= 4 is 11.9 Å².